The molecule has 2 aromatic rings. The van der Waals surface area contributed by atoms with Gasteiger partial charge in [-0.1, -0.05) is 12.1 Å². The fraction of sp³-hybridized carbons (Fsp3) is 0.167. The predicted octanol–water partition coefficient (Wildman–Crippen LogP) is 2.30. The van der Waals surface area contributed by atoms with Crippen LogP contribution in [0.15, 0.2) is 48.5 Å². The van der Waals surface area contributed by atoms with Gasteiger partial charge < -0.3 is 15.4 Å². The van der Waals surface area contributed by atoms with E-state index in [2.05, 4.69) is 20.7 Å². The fourth-order valence-electron chi connectivity index (χ4n) is 2.08. The SMILES string of the molecule is COC(=O)Nc1ccc(NC(=O)CNC(=O)Cc2cccc(F)c2)cc1. The Morgan fingerprint density at radius 3 is 2.23 bits per heavy atom. The smallest absolute Gasteiger partial charge is 0.411 e. The van der Waals surface area contributed by atoms with Crippen molar-refractivity contribution in [1.29, 1.82) is 0 Å². The van der Waals surface area contributed by atoms with Crippen LogP contribution in [-0.4, -0.2) is 31.6 Å². The van der Waals surface area contributed by atoms with Gasteiger partial charge in [-0.25, -0.2) is 9.18 Å². The lowest BCUT2D eigenvalue weighted by molar-refractivity contribution is -0.123. The van der Waals surface area contributed by atoms with Gasteiger partial charge in [0.1, 0.15) is 5.82 Å². The Bertz CT molecular complexity index is 793. The molecular formula is C18H18FN3O4. The predicted molar refractivity (Wildman–Crippen MR) is 94.2 cm³/mol. The van der Waals surface area contributed by atoms with Crippen LogP contribution in [0.25, 0.3) is 0 Å². The molecule has 0 spiro atoms. The van der Waals surface area contributed by atoms with E-state index in [0.717, 1.165) is 0 Å². The summed E-state index contributed by atoms with van der Waals surface area (Å²) in [5.74, 6) is -1.21. The zero-order valence-corrected chi connectivity index (χ0v) is 14.0. The number of rotatable bonds is 6. The molecular weight excluding hydrogens is 341 g/mol. The van der Waals surface area contributed by atoms with Crippen LogP contribution >= 0.6 is 0 Å². The van der Waals surface area contributed by atoms with E-state index in [0.29, 0.717) is 16.9 Å². The van der Waals surface area contributed by atoms with Crippen LogP contribution in [0.3, 0.4) is 0 Å². The Hall–Kier alpha value is -3.42. The molecule has 0 unspecified atom stereocenters. The van der Waals surface area contributed by atoms with Gasteiger partial charge in [0.2, 0.25) is 11.8 Å². The highest BCUT2D eigenvalue weighted by atomic mass is 19.1. The van der Waals surface area contributed by atoms with E-state index in [4.69, 9.17) is 0 Å². The van der Waals surface area contributed by atoms with Gasteiger partial charge in [0.05, 0.1) is 20.1 Å². The van der Waals surface area contributed by atoms with Crippen LogP contribution in [-0.2, 0) is 20.7 Å². The molecule has 3 amide bonds. The van der Waals surface area contributed by atoms with E-state index in [1.807, 2.05) is 0 Å². The highest BCUT2D eigenvalue weighted by Crippen LogP contribution is 2.13. The lowest BCUT2D eigenvalue weighted by Gasteiger charge is -2.08. The number of methoxy groups -OCH3 is 1. The molecule has 8 heteroatoms. The summed E-state index contributed by atoms with van der Waals surface area (Å²) in [6.45, 7) is -0.212. The Morgan fingerprint density at radius 1 is 0.962 bits per heavy atom. The largest absolute Gasteiger partial charge is 0.453 e. The maximum atomic E-state index is 13.1. The zero-order valence-electron chi connectivity index (χ0n) is 14.0. The van der Waals surface area contributed by atoms with Crippen molar-refractivity contribution in [1.82, 2.24) is 5.32 Å². The topological polar surface area (TPSA) is 96.5 Å². The first kappa shape index (κ1) is 18.9. The third-order valence-electron chi connectivity index (χ3n) is 3.30. The third kappa shape index (κ3) is 6.23. The monoisotopic (exact) mass is 359 g/mol. The van der Waals surface area contributed by atoms with Crippen LogP contribution in [0, 0.1) is 5.82 Å². The molecule has 0 atom stereocenters. The van der Waals surface area contributed by atoms with Crippen LogP contribution in [0.1, 0.15) is 5.56 Å². The molecule has 0 aliphatic heterocycles. The number of ether oxygens (including phenoxy) is 1. The van der Waals surface area contributed by atoms with Crippen molar-refractivity contribution in [3.63, 3.8) is 0 Å². The van der Waals surface area contributed by atoms with Crippen molar-refractivity contribution in [3.05, 3.63) is 59.9 Å². The second-order valence-corrected chi connectivity index (χ2v) is 5.33. The van der Waals surface area contributed by atoms with Gasteiger partial charge in [-0.2, -0.15) is 0 Å². The summed E-state index contributed by atoms with van der Waals surface area (Å²) in [6.07, 6.45) is -0.610. The summed E-state index contributed by atoms with van der Waals surface area (Å²) in [4.78, 5) is 34.7. The highest BCUT2D eigenvalue weighted by Gasteiger charge is 2.08. The maximum absolute atomic E-state index is 13.1. The minimum Gasteiger partial charge on any atom is -0.453 e. The number of carbonyl (C=O) groups is 3. The molecule has 0 bridgehead atoms. The third-order valence-corrected chi connectivity index (χ3v) is 3.30. The van der Waals surface area contributed by atoms with Gasteiger partial charge in [0.15, 0.2) is 0 Å². The van der Waals surface area contributed by atoms with E-state index in [9.17, 15) is 18.8 Å². The van der Waals surface area contributed by atoms with E-state index >= 15 is 0 Å². The van der Waals surface area contributed by atoms with Crippen LogP contribution in [0.2, 0.25) is 0 Å². The van der Waals surface area contributed by atoms with Crippen LogP contribution in [0.5, 0.6) is 0 Å². The summed E-state index contributed by atoms with van der Waals surface area (Å²) in [6, 6.07) is 12.1. The minimum absolute atomic E-state index is 0.0149. The second kappa shape index (κ2) is 9.16. The number of benzene rings is 2. The van der Waals surface area contributed by atoms with Gasteiger partial charge in [0, 0.05) is 11.4 Å². The molecule has 0 aromatic heterocycles. The van der Waals surface area contributed by atoms with Crippen molar-refractivity contribution in [2.75, 3.05) is 24.3 Å². The van der Waals surface area contributed by atoms with Crippen molar-refractivity contribution in [3.8, 4) is 0 Å². The van der Waals surface area contributed by atoms with Gasteiger partial charge in [-0.05, 0) is 42.0 Å². The van der Waals surface area contributed by atoms with E-state index in [1.54, 1.807) is 30.3 Å². The number of carbonyl (C=O) groups excluding carboxylic acids is 3. The zero-order chi connectivity index (χ0) is 18.9. The molecule has 26 heavy (non-hydrogen) atoms. The van der Waals surface area contributed by atoms with Crippen LogP contribution < -0.4 is 16.0 Å². The lowest BCUT2D eigenvalue weighted by Crippen LogP contribution is -2.33. The molecule has 3 N–H and O–H groups in total. The van der Waals surface area contributed by atoms with Gasteiger partial charge in [0.25, 0.3) is 0 Å². The second-order valence-electron chi connectivity index (χ2n) is 5.33. The first-order valence-electron chi connectivity index (χ1n) is 7.72. The highest BCUT2D eigenvalue weighted by molar-refractivity contribution is 5.95. The average molecular weight is 359 g/mol. The number of anilines is 2. The molecule has 2 rings (SSSR count). The van der Waals surface area contributed by atoms with E-state index in [1.165, 1.54) is 25.3 Å². The summed E-state index contributed by atoms with van der Waals surface area (Å²) >= 11 is 0. The molecule has 7 nitrogen and oxygen atoms in total. The quantitative estimate of drug-likeness (QED) is 0.737. The maximum Gasteiger partial charge on any atom is 0.411 e. The van der Waals surface area contributed by atoms with Crippen molar-refractivity contribution < 1.29 is 23.5 Å². The molecule has 0 aliphatic carbocycles. The summed E-state index contributed by atoms with van der Waals surface area (Å²) in [5, 5.41) is 7.56. The number of amides is 3. The minimum atomic E-state index is -0.595. The lowest BCUT2D eigenvalue weighted by atomic mass is 10.1. The Morgan fingerprint density at radius 2 is 1.62 bits per heavy atom. The molecule has 0 aliphatic rings. The van der Waals surface area contributed by atoms with Gasteiger partial charge >= 0.3 is 6.09 Å². The molecule has 0 fully saturated rings. The Balaban J connectivity index is 1.77. The van der Waals surface area contributed by atoms with Crippen molar-refractivity contribution in [2.24, 2.45) is 0 Å². The molecule has 0 saturated heterocycles. The molecule has 0 radical (unpaired) electrons. The molecule has 136 valence electrons. The summed E-state index contributed by atoms with van der Waals surface area (Å²) in [7, 11) is 1.26. The van der Waals surface area contributed by atoms with E-state index < -0.39 is 17.8 Å². The molecule has 0 saturated carbocycles. The Kier molecular flexibility index (Phi) is 6.67. The average Bonchev–Trinajstić information content (AvgIpc) is 2.61. The molecule has 2 aromatic carbocycles. The number of hydrogen-bond acceptors (Lipinski definition) is 4. The first-order chi connectivity index (χ1) is 12.5. The Labute approximate surface area is 149 Å². The molecule has 0 heterocycles. The normalized spacial score (nSPS) is 9.92. The number of halogens is 1. The van der Waals surface area contributed by atoms with Gasteiger partial charge in [-0.15, -0.1) is 0 Å². The van der Waals surface area contributed by atoms with Crippen LogP contribution in [0.4, 0.5) is 20.6 Å². The van der Waals surface area contributed by atoms with Gasteiger partial charge in [-0.3, -0.25) is 14.9 Å². The van der Waals surface area contributed by atoms with Crippen molar-refractivity contribution >= 4 is 29.3 Å². The van der Waals surface area contributed by atoms with Crippen molar-refractivity contribution in [2.45, 2.75) is 6.42 Å². The summed E-state index contributed by atoms with van der Waals surface area (Å²) < 4.78 is 17.5. The fourth-order valence-corrected chi connectivity index (χ4v) is 2.08. The van der Waals surface area contributed by atoms with E-state index in [-0.39, 0.29) is 18.9 Å². The summed E-state index contributed by atoms with van der Waals surface area (Å²) in [5.41, 5.74) is 1.54. The number of hydrogen-bond donors (Lipinski definition) is 3. The number of nitrogens with one attached hydrogen (secondary N) is 3. The first-order valence-corrected chi connectivity index (χ1v) is 7.72. The standard InChI is InChI=1S/C18H18FN3O4/c1-26-18(25)22-15-7-5-14(6-8-15)21-17(24)11-20-16(23)10-12-3-2-4-13(19)9-12/h2-9H,10-11H2,1H3,(H,20,23)(H,21,24)(H,22,25).